The number of aromatic hydroxyl groups is 1. The van der Waals surface area contributed by atoms with E-state index in [0.29, 0.717) is 51.6 Å². The Hall–Kier alpha value is -2.83. The minimum Gasteiger partial charge on any atom is -0.507 e. The van der Waals surface area contributed by atoms with Crippen LogP contribution in [0.25, 0.3) is 0 Å². The van der Waals surface area contributed by atoms with Crippen molar-refractivity contribution in [3.63, 3.8) is 0 Å². The molecule has 0 amide bonds. The number of aryl methyl sites for hydroxylation is 1. The molecule has 1 atom stereocenters. The number of hydrogen-bond acceptors (Lipinski definition) is 12. The molecule has 0 saturated heterocycles. The predicted octanol–water partition coefficient (Wildman–Crippen LogP) is 3.27. The van der Waals surface area contributed by atoms with Gasteiger partial charge in [-0.1, -0.05) is 5.16 Å². The molecule has 3 rings (SSSR count). The first-order valence-electron chi connectivity index (χ1n) is 10.1. The third kappa shape index (κ3) is 5.95. The van der Waals surface area contributed by atoms with E-state index in [-0.39, 0.29) is 24.0 Å². The van der Waals surface area contributed by atoms with E-state index in [1.54, 1.807) is 20.0 Å². The van der Waals surface area contributed by atoms with Gasteiger partial charge in [-0.2, -0.15) is 16.7 Å². The number of rotatable bonds is 11. The zero-order valence-corrected chi connectivity index (χ0v) is 20.4. The van der Waals surface area contributed by atoms with Gasteiger partial charge >= 0.3 is 5.97 Å². The van der Waals surface area contributed by atoms with Crippen LogP contribution < -0.4 is 10.1 Å². The molecule has 0 bridgehead atoms. The lowest BCUT2D eigenvalue weighted by atomic mass is 10.0. The monoisotopic (exact) mass is 494 g/mol. The van der Waals surface area contributed by atoms with Crippen LogP contribution in [-0.2, 0) is 16.9 Å². The Balaban J connectivity index is 1.80. The number of nitrogens with zero attached hydrogens (tertiary/aromatic N) is 3. The SMILES string of the molecule is COC(=O)c1c(C)c(OC)cc(O)c1CSCC(Nc1ncc(CCO)s1)c1nc(C)no1. The Morgan fingerprint density at radius 3 is 2.79 bits per heavy atom. The number of hydrogen-bond donors (Lipinski definition) is 3. The molecule has 0 aliphatic heterocycles. The number of methoxy groups -OCH3 is 2. The van der Waals surface area contributed by atoms with Crippen molar-refractivity contribution in [3.05, 3.63) is 45.5 Å². The first-order valence-corrected chi connectivity index (χ1v) is 12.0. The number of benzene rings is 1. The average molecular weight is 495 g/mol. The van der Waals surface area contributed by atoms with Gasteiger partial charge in [-0.3, -0.25) is 0 Å². The van der Waals surface area contributed by atoms with Crippen molar-refractivity contribution in [3.8, 4) is 11.5 Å². The molecule has 178 valence electrons. The fourth-order valence-electron chi connectivity index (χ4n) is 3.19. The van der Waals surface area contributed by atoms with Gasteiger partial charge in [0.05, 0.1) is 19.8 Å². The smallest absolute Gasteiger partial charge is 0.338 e. The Morgan fingerprint density at radius 1 is 1.36 bits per heavy atom. The van der Waals surface area contributed by atoms with Crippen molar-refractivity contribution in [1.29, 1.82) is 0 Å². The first-order chi connectivity index (χ1) is 15.9. The van der Waals surface area contributed by atoms with Crippen molar-refractivity contribution >= 4 is 34.2 Å². The molecule has 0 spiro atoms. The molecular formula is C21H26N4O6S2. The van der Waals surface area contributed by atoms with Crippen LogP contribution in [-0.4, -0.2) is 57.9 Å². The highest BCUT2D eigenvalue weighted by molar-refractivity contribution is 7.98. The number of anilines is 1. The van der Waals surface area contributed by atoms with Gasteiger partial charge in [0.15, 0.2) is 11.0 Å². The summed E-state index contributed by atoms with van der Waals surface area (Å²) in [6.45, 7) is 3.54. The fraction of sp³-hybridized carbons (Fsp3) is 0.429. The molecule has 2 aromatic heterocycles. The maximum Gasteiger partial charge on any atom is 0.338 e. The Kier molecular flexibility index (Phi) is 8.53. The van der Waals surface area contributed by atoms with E-state index >= 15 is 0 Å². The van der Waals surface area contributed by atoms with E-state index in [9.17, 15) is 9.90 Å². The molecule has 2 heterocycles. The molecule has 33 heavy (non-hydrogen) atoms. The van der Waals surface area contributed by atoms with E-state index in [1.165, 1.54) is 43.4 Å². The summed E-state index contributed by atoms with van der Waals surface area (Å²) in [5, 5.41) is 27.5. The average Bonchev–Trinajstić information content (AvgIpc) is 3.43. The van der Waals surface area contributed by atoms with Gasteiger partial charge < -0.3 is 29.5 Å². The van der Waals surface area contributed by atoms with E-state index in [4.69, 9.17) is 19.1 Å². The van der Waals surface area contributed by atoms with Crippen LogP contribution in [0, 0.1) is 13.8 Å². The number of aromatic nitrogens is 3. The highest BCUT2D eigenvalue weighted by Crippen LogP contribution is 2.36. The predicted molar refractivity (Wildman–Crippen MR) is 125 cm³/mol. The number of carbonyl (C=O) groups excluding carboxylic acids is 1. The van der Waals surface area contributed by atoms with Crippen molar-refractivity contribution < 1.29 is 29.0 Å². The van der Waals surface area contributed by atoms with Gasteiger partial charge in [-0.15, -0.1) is 11.3 Å². The van der Waals surface area contributed by atoms with E-state index in [1.807, 2.05) is 0 Å². The molecule has 0 fully saturated rings. The summed E-state index contributed by atoms with van der Waals surface area (Å²) in [6.07, 6.45) is 2.25. The van der Waals surface area contributed by atoms with Crippen molar-refractivity contribution in [2.24, 2.45) is 0 Å². The molecule has 1 unspecified atom stereocenters. The first kappa shape index (κ1) is 24.8. The lowest BCUT2D eigenvalue weighted by molar-refractivity contribution is 0.0598. The maximum atomic E-state index is 12.4. The number of ether oxygens (including phenoxy) is 2. The van der Waals surface area contributed by atoms with Gasteiger partial charge in [-0.25, -0.2) is 9.78 Å². The van der Waals surface area contributed by atoms with Crippen LogP contribution in [0.15, 0.2) is 16.8 Å². The number of thiazole rings is 1. The van der Waals surface area contributed by atoms with Crippen molar-refractivity contribution in [2.75, 3.05) is 31.9 Å². The number of nitrogens with one attached hydrogen (secondary N) is 1. The molecular weight excluding hydrogens is 468 g/mol. The molecule has 10 nitrogen and oxygen atoms in total. The maximum absolute atomic E-state index is 12.4. The zero-order valence-electron chi connectivity index (χ0n) is 18.7. The summed E-state index contributed by atoms with van der Waals surface area (Å²) in [5.41, 5.74) is 1.35. The molecule has 0 aliphatic rings. The number of aliphatic hydroxyl groups excluding tert-OH is 1. The van der Waals surface area contributed by atoms with Gasteiger partial charge in [0.1, 0.15) is 17.5 Å². The minimum absolute atomic E-state index is 0.0444. The van der Waals surface area contributed by atoms with Crippen molar-refractivity contribution in [1.82, 2.24) is 15.1 Å². The number of aliphatic hydroxyl groups is 1. The standard InChI is InChI=1S/C21H26N4O6S2/c1-11-17(29-3)7-16(27)14(18(11)20(28)30-4)9-32-10-15(19-23-12(2)25-31-19)24-21-22-8-13(33-21)5-6-26/h7-8,15,26-27H,5-6,9-10H2,1-4H3,(H,22,24). The van der Waals surface area contributed by atoms with Gasteiger partial charge in [-0.05, 0) is 13.8 Å². The zero-order chi connectivity index (χ0) is 24.0. The van der Waals surface area contributed by atoms with Gasteiger partial charge in [0.2, 0.25) is 5.89 Å². The Labute approximate surface area is 199 Å². The number of carbonyl (C=O) groups is 1. The van der Waals surface area contributed by atoms with Crippen LogP contribution in [0.4, 0.5) is 5.13 Å². The molecule has 0 aliphatic carbocycles. The Morgan fingerprint density at radius 2 is 2.15 bits per heavy atom. The van der Waals surface area contributed by atoms with Crippen LogP contribution in [0.2, 0.25) is 0 Å². The second-order valence-electron chi connectivity index (χ2n) is 7.07. The molecule has 0 radical (unpaired) electrons. The molecule has 3 aromatic rings. The van der Waals surface area contributed by atoms with Crippen LogP contribution >= 0.6 is 23.1 Å². The number of esters is 1. The summed E-state index contributed by atoms with van der Waals surface area (Å²) in [5.74, 6) is 1.56. The topological polar surface area (TPSA) is 140 Å². The van der Waals surface area contributed by atoms with Crippen LogP contribution in [0.5, 0.6) is 11.5 Å². The summed E-state index contributed by atoms with van der Waals surface area (Å²) < 4.78 is 15.6. The highest BCUT2D eigenvalue weighted by atomic mass is 32.2. The second kappa shape index (κ2) is 11.3. The number of phenols is 1. The van der Waals surface area contributed by atoms with E-state index in [2.05, 4.69) is 20.4 Å². The third-order valence-electron chi connectivity index (χ3n) is 4.81. The minimum atomic E-state index is -0.543. The van der Waals surface area contributed by atoms with Crippen LogP contribution in [0.3, 0.4) is 0 Å². The molecule has 12 heteroatoms. The highest BCUT2D eigenvalue weighted by Gasteiger charge is 2.24. The lowest BCUT2D eigenvalue weighted by Gasteiger charge is -2.17. The second-order valence-corrected chi connectivity index (χ2v) is 9.21. The van der Waals surface area contributed by atoms with Crippen molar-refractivity contribution in [2.45, 2.75) is 32.1 Å². The van der Waals surface area contributed by atoms with Gasteiger partial charge in [0.25, 0.3) is 0 Å². The molecule has 1 aromatic carbocycles. The normalized spacial score (nSPS) is 11.9. The third-order valence-corrected chi connectivity index (χ3v) is 6.86. The molecule has 3 N–H and O–H groups in total. The number of phenolic OH excluding ortho intramolecular Hbond substituents is 1. The van der Waals surface area contributed by atoms with Gasteiger partial charge in [0, 0.05) is 52.8 Å². The summed E-state index contributed by atoms with van der Waals surface area (Å²) >= 11 is 2.91. The fourth-order valence-corrected chi connectivity index (χ4v) is 5.12. The number of thioether (sulfide) groups is 1. The summed E-state index contributed by atoms with van der Waals surface area (Å²) in [4.78, 5) is 22.1. The molecule has 0 saturated carbocycles. The summed E-state index contributed by atoms with van der Waals surface area (Å²) in [6, 6.07) is 1.14. The van der Waals surface area contributed by atoms with E-state index in [0.717, 1.165) is 4.88 Å². The van der Waals surface area contributed by atoms with Crippen LogP contribution in [0.1, 0.15) is 44.1 Å². The lowest BCUT2D eigenvalue weighted by Crippen LogP contribution is -2.14. The quantitative estimate of drug-likeness (QED) is 0.338. The Bertz CT molecular complexity index is 1100. The summed E-state index contributed by atoms with van der Waals surface area (Å²) in [7, 11) is 2.77. The van der Waals surface area contributed by atoms with E-state index < -0.39 is 5.97 Å². The largest absolute Gasteiger partial charge is 0.507 e.